The lowest BCUT2D eigenvalue weighted by molar-refractivity contribution is 0.208. The van der Waals surface area contributed by atoms with E-state index in [4.69, 9.17) is 4.98 Å². The summed E-state index contributed by atoms with van der Waals surface area (Å²) in [6, 6.07) is 15.9. The van der Waals surface area contributed by atoms with Crippen LogP contribution < -0.4 is 15.5 Å². The number of piperazine rings is 1. The molecule has 0 saturated carbocycles. The molecule has 8 nitrogen and oxygen atoms in total. The number of aryl methyl sites for hydroxylation is 1. The molecule has 31 heavy (non-hydrogen) atoms. The summed E-state index contributed by atoms with van der Waals surface area (Å²) in [6.45, 7) is 4.71. The number of H-pyrrole nitrogens is 1. The second-order valence-electron chi connectivity index (χ2n) is 7.52. The molecule has 0 atom stereocenters. The first kappa shape index (κ1) is 19.4. The van der Waals surface area contributed by atoms with Gasteiger partial charge in [0.15, 0.2) is 5.82 Å². The number of nitrogens with zero attached hydrogens (tertiary/aromatic N) is 4. The lowest BCUT2D eigenvalue weighted by atomic mass is 10.2. The SMILES string of the molecule is Cc1cc(Nc2cccc(N3CCN(C(=O)Nc4ccc5ccsc5c4)CC3)n2)n[nH]1. The molecule has 4 aromatic rings. The van der Waals surface area contributed by atoms with Crippen molar-refractivity contribution in [3.05, 3.63) is 59.6 Å². The number of aromatic amines is 1. The van der Waals surface area contributed by atoms with Gasteiger partial charge in [-0.25, -0.2) is 9.78 Å². The standard InChI is InChI=1S/C22H23N7OS/c1-15-13-20(27-26-15)24-19-3-2-4-21(25-19)28-8-10-29(11-9-28)22(30)23-17-6-5-16-7-12-31-18(16)14-17/h2-7,12-14H,8-11H2,1H3,(H,23,30)(H2,24,25,26,27). The van der Waals surface area contributed by atoms with E-state index >= 15 is 0 Å². The zero-order valence-electron chi connectivity index (χ0n) is 17.1. The number of pyridine rings is 1. The Morgan fingerprint density at radius 1 is 1.06 bits per heavy atom. The highest BCUT2D eigenvalue weighted by Gasteiger charge is 2.22. The molecule has 1 saturated heterocycles. The Labute approximate surface area is 183 Å². The highest BCUT2D eigenvalue weighted by molar-refractivity contribution is 7.17. The molecule has 4 heterocycles. The van der Waals surface area contributed by atoms with E-state index in [0.717, 1.165) is 41.9 Å². The fraction of sp³-hybridized carbons (Fsp3) is 0.227. The van der Waals surface area contributed by atoms with Gasteiger partial charge < -0.3 is 20.4 Å². The number of carbonyl (C=O) groups excluding carboxylic acids is 1. The molecule has 1 fully saturated rings. The van der Waals surface area contributed by atoms with Crippen LogP contribution in [0.4, 0.5) is 27.9 Å². The molecule has 1 aromatic carbocycles. The molecule has 0 bridgehead atoms. The van der Waals surface area contributed by atoms with Gasteiger partial charge in [0.2, 0.25) is 0 Å². The molecule has 158 valence electrons. The van der Waals surface area contributed by atoms with Gasteiger partial charge in [0, 0.05) is 48.3 Å². The van der Waals surface area contributed by atoms with Crippen molar-refractivity contribution in [3.8, 4) is 0 Å². The Hall–Kier alpha value is -3.59. The predicted molar refractivity (Wildman–Crippen MR) is 125 cm³/mol. The smallest absolute Gasteiger partial charge is 0.321 e. The Morgan fingerprint density at radius 2 is 1.94 bits per heavy atom. The van der Waals surface area contributed by atoms with Gasteiger partial charge in [-0.3, -0.25) is 5.10 Å². The summed E-state index contributed by atoms with van der Waals surface area (Å²) >= 11 is 1.68. The monoisotopic (exact) mass is 433 g/mol. The molecule has 0 unspecified atom stereocenters. The predicted octanol–water partition coefficient (Wildman–Crippen LogP) is 4.43. The van der Waals surface area contributed by atoms with Gasteiger partial charge in [0.05, 0.1) is 0 Å². The van der Waals surface area contributed by atoms with Crippen molar-refractivity contribution in [2.45, 2.75) is 6.92 Å². The number of benzene rings is 1. The minimum atomic E-state index is -0.0622. The Kier molecular flexibility index (Phi) is 5.17. The van der Waals surface area contributed by atoms with Gasteiger partial charge in [0.1, 0.15) is 11.6 Å². The van der Waals surface area contributed by atoms with Crippen molar-refractivity contribution in [2.75, 3.05) is 41.7 Å². The van der Waals surface area contributed by atoms with Crippen LogP contribution in [0.15, 0.2) is 53.9 Å². The van der Waals surface area contributed by atoms with Crippen molar-refractivity contribution in [1.82, 2.24) is 20.1 Å². The van der Waals surface area contributed by atoms with Crippen LogP contribution in [0.25, 0.3) is 10.1 Å². The summed E-state index contributed by atoms with van der Waals surface area (Å²) in [7, 11) is 0. The van der Waals surface area contributed by atoms with Gasteiger partial charge in [-0.05, 0) is 48.0 Å². The normalized spacial score (nSPS) is 14.1. The van der Waals surface area contributed by atoms with E-state index in [1.807, 2.05) is 54.3 Å². The molecule has 9 heteroatoms. The van der Waals surface area contributed by atoms with Crippen LogP contribution in [0.5, 0.6) is 0 Å². The van der Waals surface area contributed by atoms with Gasteiger partial charge in [0.25, 0.3) is 0 Å². The van der Waals surface area contributed by atoms with E-state index in [2.05, 4.69) is 37.2 Å². The number of fused-ring (bicyclic) bond motifs is 1. The van der Waals surface area contributed by atoms with Crippen LogP contribution in [0.2, 0.25) is 0 Å². The van der Waals surface area contributed by atoms with Crippen molar-refractivity contribution in [2.24, 2.45) is 0 Å². The highest BCUT2D eigenvalue weighted by Crippen LogP contribution is 2.25. The Bertz CT molecular complexity index is 1210. The lowest BCUT2D eigenvalue weighted by Gasteiger charge is -2.35. The number of thiophene rings is 1. The number of amides is 2. The zero-order chi connectivity index (χ0) is 21.2. The topological polar surface area (TPSA) is 89.2 Å². The minimum Gasteiger partial charge on any atom is -0.353 e. The largest absolute Gasteiger partial charge is 0.353 e. The molecule has 1 aliphatic rings. The summed E-state index contributed by atoms with van der Waals surface area (Å²) in [5.74, 6) is 2.37. The molecule has 2 amide bonds. The number of aromatic nitrogens is 3. The third kappa shape index (κ3) is 4.31. The van der Waals surface area contributed by atoms with E-state index in [9.17, 15) is 4.79 Å². The molecule has 0 spiro atoms. The van der Waals surface area contributed by atoms with Crippen molar-refractivity contribution in [1.29, 1.82) is 0 Å². The maximum atomic E-state index is 12.7. The first-order valence-corrected chi connectivity index (χ1v) is 11.1. The lowest BCUT2D eigenvalue weighted by Crippen LogP contribution is -2.50. The minimum absolute atomic E-state index is 0.0622. The van der Waals surface area contributed by atoms with Gasteiger partial charge in [-0.15, -0.1) is 11.3 Å². The summed E-state index contributed by atoms with van der Waals surface area (Å²) in [6.07, 6.45) is 0. The fourth-order valence-corrected chi connectivity index (χ4v) is 4.48. The van der Waals surface area contributed by atoms with Crippen LogP contribution in [-0.4, -0.2) is 52.3 Å². The van der Waals surface area contributed by atoms with E-state index in [0.29, 0.717) is 13.1 Å². The number of nitrogens with one attached hydrogen (secondary N) is 3. The van der Waals surface area contributed by atoms with Crippen LogP contribution in [-0.2, 0) is 0 Å². The Morgan fingerprint density at radius 3 is 2.74 bits per heavy atom. The van der Waals surface area contributed by atoms with Crippen LogP contribution in [0, 0.1) is 6.92 Å². The molecular formula is C22H23N7OS. The maximum Gasteiger partial charge on any atom is 0.321 e. The van der Waals surface area contributed by atoms with E-state index in [1.54, 1.807) is 11.3 Å². The van der Waals surface area contributed by atoms with Crippen LogP contribution in [0.1, 0.15) is 5.69 Å². The van der Waals surface area contributed by atoms with Crippen molar-refractivity contribution < 1.29 is 4.79 Å². The number of urea groups is 1. The quantitative estimate of drug-likeness (QED) is 0.443. The third-order valence-electron chi connectivity index (χ3n) is 5.29. The fourth-order valence-electron chi connectivity index (χ4n) is 3.66. The number of carbonyl (C=O) groups is 1. The molecule has 3 N–H and O–H groups in total. The first-order chi connectivity index (χ1) is 15.1. The molecule has 5 rings (SSSR count). The second kappa shape index (κ2) is 8.27. The third-order valence-corrected chi connectivity index (χ3v) is 6.17. The highest BCUT2D eigenvalue weighted by atomic mass is 32.1. The average Bonchev–Trinajstić information content (AvgIpc) is 3.42. The van der Waals surface area contributed by atoms with Crippen LogP contribution in [0.3, 0.4) is 0 Å². The molecule has 3 aromatic heterocycles. The van der Waals surface area contributed by atoms with Gasteiger partial charge in [-0.1, -0.05) is 12.1 Å². The number of hydrogen-bond donors (Lipinski definition) is 3. The van der Waals surface area contributed by atoms with Gasteiger partial charge >= 0.3 is 6.03 Å². The molecule has 1 aliphatic heterocycles. The molecular weight excluding hydrogens is 410 g/mol. The first-order valence-electron chi connectivity index (χ1n) is 10.2. The van der Waals surface area contributed by atoms with E-state index < -0.39 is 0 Å². The maximum absolute atomic E-state index is 12.7. The number of hydrogen-bond acceptors (Lipinski definition) is 6. The summed E-state index contributed by atoms with van der Waals surface area (Å²) < 4.78 is 1.17. The zero-order valence-corrected chi connectivity index (χ0v) is 17.9. The van der Waals surface area contributed by atoms with Crippen molar-refractivity contribution >= 4 is 50.6 Å². The van der Waals surface area contributed by atoms with E-state index in [-0.39, 0.29) is 6.03 Å². The number of rotatable bonds is 4. The van der Waals surface area contributed by atoms with E-state index in [1.165, 1.54) is 10.1 Å². The van der Waals surface area contributed by atoms with Gasteiger partial charge in [-0.2, -0.15) is 5.10 Å². The van der Waals surface area contributed by atoms with Crippen molar-refractivity contribution in [3.63, 3.8) is 0 Å². The summed E-state index contributed by atoms with van der Waals surface area (Å²) in [5, 5.41) is 16.6. The second-order valence-corrected chi connectivity index (χ2v) is 8.47. The Balaban J connectivity index is 1.19. The summed E-state index contributed by atoms with van der Waals surface area (Å²) in [5.41, 5.74) is 1.82. The molecule has 0 radical (unpaired) electrons. The number of anilines is 4. The average molecular weight is 434 g/mol. The summed E-state index contributed by atoms with van der Waals surface area (Å²) in [4.78, 5) is 21.5. The van der Waals surface area contributed by atoms with Crippen LogP contribution >= 0.6 is 11.3 Å². The molecule has 0 aliphatic carbocycles.